The minimum absolute atomic E-state index is 0.0620. The molecule has 0 fully saturated rings. The van der Waals surface area contributed by atoms with Crippen LogP contribution in [-0.2, 0) is 0 Å². The quantitative estimate of drug-likeness (QED) is 0.389. The van der Waals surface area contributed by atoms with Crippen LogP contribution in [0.3, 0.4) is 0 Å². The maximum Gasteiger partial charge on any atom is 0.319 e. The summed E-state index contributed by atoms with van der Waals surface area (Å²) < 4.78 is 5.13. The highest BCUT2D eigenvalue weighted by molar-refractivity contribution is 5.92. The number of amides is 2. The number of carbonyl (C=O) groups excluding carboxylic acids is 1. The number of phenols is 1. The fraction of sp³-hybridized carbons (Fsp3) is 0.417. The van der Waals surface area contributed by atoms with E-state index >= 15 is 0 Å². The van der Waals surface area contributed by atoms with Gasteiger partial charge in [-0.25, -0.2) is 4.79 Å². The lowest BCUT2D eigenvalue weighted by Crippen LogP contribution is -2.31. The van der Waals surface area contributed by atoms with Crippen molar-refractivity contribution >= 4 is 17.4 Å². The normalized spacial score (nSPS) is 9.95. The highest BCUT2D eigenvalue weighted by Crippen LogP contribution is 2.35. The summed E-state index contributed by atoms with van der Waals surface area (Å²) in [5.41, 5.74) is 0.673. The first-order valence-electron chi connectivity index (χ1n) is 6.03. The number of ether oxygens (including phenoxy) is 1. The van der Waals surface area contributed by atoms with Gasteiger partial charge in [0.05, 0.1) is 31.7 Å². The van der Waals surface area contributed by atoms with Gasteiger partial charge in [-0.1, -0.05) is 0 Å². The number of aliphatic hydroxyl groups excluding tert-OH is 2. The number of hydrogen-bond acceptors (Lipinski definition) is 6. The Morgan fingerprint density at radius 2 is 1.90 bits per heavy atom. The van der Waals surface area contributed by atoms with Crippen molar-refractivity contribution in [3.8, 4) is 11.5 Å². The molecule has 8 heteroatoms. The largest absolute Gasteiger partial charge is 0.506 e. The van der Waals surface area contributed by atoms with Crippen molar-refractivity contribution in [2.75, 3.05) is 44.0 Å². The third kappa shape index (κ3) is 4.48. The maximum absolute atomic E-state index is 11.4. The van der Waals surface area contributed by atoms with E-state index in [1.807, 2.05) is 0 Å². The van der Waals surface area contributed by atoms with Gasteiger partial charge in [0.2, 0.25) is 0 Å². The predicted molar refractivity (Wildman–Crippen MR) is 74.3 cm³/mol. The van der Waals surface area contributed by atoms with Crippen LogP contribution in [0, 0.1) is 0 Å². The number of rotatable bonds is 7. The molecule has 0 aliphatic rings. The molecule has 1 aromatic rings. The molecule has 0 saturated heterocycles. The SMILES string of the molecule is COc1cc(NC(=O)NCCO)c(O)cc1NCCO. The second-order valence-corrected chi connectivity index (χ2v) is 3.82. The van der Waals surface area contributed by atoms with E-state index in [4.69, 9.17) is 14.9 Å². The molecular formula is C12H19N3O5. The maximum atomic E-state index is 11.4. The Morgan fingerprint density at radius 1 is 1.20 bits per heavy atom. The molecule has 1 aromatic carbocycles. The summed E-state index contributed by atoms with van der Waals surface area (Å²) in [6, 6.07) is 2.29. The zero-order valence-electron chi connectivity index (χ0n) is 11.1. The first-order chi connectivity index (χ1) is 9.62. The fourth-order valence-electron chi connectivity index (χ4n) is 1.50. The van der Waals surface area contributed by atoms with Crippen LogP contribution in [0.15, 0.2) is 12.1 Å². The van der Waals surface area contributed by atoms with E-state index in [0.29, 0.717) is 18.0 Å². The van der Waals surface area contributed by atoms with Gasteiger partial charge in [-0.2, -0.15) is 0 Å². The van der Waals surface area contributed by atoms with Gasteiger partial charge >= 0.3 is 6.03 Å². The van der Waals surface area contributed by atoms with Crippen LogP contribution in [0.25, 0.3) is 0 Å². The minimum atomic E-state index is -0.549. The molecule has 0 aliphatic heterocycles. The number of carbonyl (C=O) groups is 1. The molecule has 0 aliphatic carbocycles. The average molecular weight is 285 g/mol. The average Bonchev–Trinajstić information content (AvgIpc) is 2.45. The van der Waals surface area contributed by atoms with Crippen LogP contribution in [0.5, 0.6) is 11.5 Å². The summed E-state index contributed by atoms with van der Waals surface area (Å²) in [7, 11) is 1.45. The molecule has 0 radical (unpaired) electrons. The number of urea groups is 1. The molecule has 0 saturated carbocycles. The van der Waals surface area contributed by atoms with Gasteiger partial charge in [0.1, 0.15) is 11.5 Å². The third-order valence-electron chi connectivity index (χ3n) is 2.39. The number of phenolic OH excluding ortho intramolecular Hbond substituents is 1. The summed E-state index contributed by atoms with van der Waals surface area (Å²) in [5.74, 6) is 0.263. The van der Waals surface area contributed by atoms with Crippen LogP contribution >= 0.6 is 0 Å². The second kappa shape index (κ2) is 8.08. The zero-order chi connectivity index (χ0) is 15.0. The van der Waals surface area contributed by atoms with E-state index < -0.39 is 6.03 Å². The number of nitrogens with one attached hydrogen (secondary N) is 3. The van der Waals surface area contributed by atoms with E-state index in [1.54, 1.807) is 0 Å². The minimum Gasteiger partial charge on any atom is -0.506 e. The molecule has 0 bridgehead atoms. The van der Waals surface area contributed by atoms with Gasteiger partial charge in [-0.05, 0) is 0 Å². The summed E-state index contributed by atoms with van der Waals surface area (Å²) in [4.78, 5) is 11.4. The van der Waals surface area contributed by atoms with Crippen LogP contribution in [0.4, 0.5) is 16.2 Å². The number of methoxy groups -OCH3 is 1. The highest BCUT2D eigenvalue weighted by atomic mass is 16.5. The molecule has 20 heavy (non-hydrogen) atoms. The van der Waals surface area contributed by atoms with E-state index in [-0.39, 0.29) is 31.2 Å². The Labute approximate surface area is 116 Å². The van der Waals surface area contributed by atoms with Crippen molar-refractivity contribution in [2.45, 2.75) is 0 Å². The second-order valence-electron chi connectivity index (χ2n) is 3.82. The van der Waals surface area contributed by atoms with Gasteiger partial charge in [-0.15, -0.1) is 0 Å². The van der Waals surface area contributed by atoms with E-state index in [9.17, 15) is 9.90 Å². The molecular weight excluding hydrogens is 266 g/mol. The summed E-state index contributed by atoms with van der Waals surface area (Å²) in [6.45, 7) is 0.180. The topological polar surface area (TPSA) is 123 Å². The molecule has 0 spiro atoms. The molecule has 0 heterocycles. The van der Waals surface area contributed by atoms with Gasteiger partial charge in [0.15, 0.2) is 0 Å². The van der Waals surface area contributed by atoms with E-state index in [0.717, 1.165) is 0 Å². The van der Waals surface area contributed by atoms with Crippen LogP contribution < -0.4 is 20.7 Å². The van der Waals surface area contributed by atoms with Crippen LogP contribution in [-0.4, -0.2) is 54.8 Å². The molecule has 1 rings (SSSR count). The Morgan fingerprint density at radius 3 is 2.50 bits per heavy atom. The van der Waals surface area contributed by atoms with Crippen molar-refractivity contribution in [2.24, 2.45) is 0 Å². The Hall–Kier alpha value is -2.19. The highest BCUT2D eigenvalue weighted by Gasteiger charge is 2.11. The summed E-state index contributed by atoms with van der Waals surface area (Å²) >= 11 is 0. The van der Waals surface area contributed by atoms with Crippen LogP contribution in [0.1, 0.15) is 0 Å². The fourth-order valence-corrected chi connectivity index (χ4v) is 1.50. The van der Waals surface area contributed by atoms with Crippen molar-refractivity contribution < 1.29 is 24.9 Å². The number of aromatic hydroxyl groups is 1. The molecule has 2 amide bonds. The molecule has 112 valence electrons. The molecule has 8 nitrogen and oxygen atoms in total. The number of aliphatic hydroxyl groups is 2. The van der Waals surface area contributed by atoms with Crippen molar-refractivity contribution in [1.29, 1.82) is 0 Å². The Balaban J connectivity index is 2.84. The number of hydrogen-bond donors (Lipinski definition) is 6. The lowest BCUT2D eigenvalue weighted by molar-refractivity contribution is 0.244. The molecule has 0 atom stereocenters. The summed E-state index contributed by atoms with van der Waals surface area (Å²) in [6.07, 6.45) is 0. The van der Waals surface area contributed by atoms with Gasteiger partial charge in [0, 0.05) is 25.2 Å². The Bertz CT molecular complexity index is 453. The molecule has 0 unspecified atom stereocenters. The van der Waals surface area contributed by atoms with Gasteiger partial charge in [-0.3, -0.25) is 0 Å². The first-order valence-corrected chi connectivity index (χ1v) is 6.03. The molecule has 0 aromatic heterocycles. The number of benzene rings is 1. The lowest BCUT2D eigenvalue weighted by atomic mass is 10.2. The third-order valence-corrected chi connectivity index (χ3v) is 2.39. The number of anilines is 2. The monoisotopic (exact) mass is 285 g/mol. The van der Waals surface area contributed by atoms with E-state index in [1.165, 1.54) is 19.2 Å². The van der Waals surface area contributed by atoms with Gasteiger partial charge < -0.3 is 36.0 Å². The predicted octanol–water partition coefficient (Wildman–Crippen LogP) is -0.0812. The van der Waals surface area contributed by atoms with Crippen molar-refractivity contribution in [3.05, 3.63) is 12.1 Å². The van der Waals surface area contributed by atoms with Crippen molar-refractivity contribution in [1.82, 2.24) is 5.32 Å². The zero-order valence-corrected chi connectivity index (χ0v) is 11.1. The van der Waals surface area contributed by atoms with Crippen LogP contribution in [0.2, 0.25) is 0 Å². The Kier molecular flexibility index (Phi) is 6.41. The smallest absolute Gasteiger partial charge is 0.319 e. The van der Waals surface area contributed by atoms with E-state index in [2.05, 4.69) is 16.0 Å². The molecule has 6 N–H and O–H groups in total. The lowest BCUT2D eigenvalue weighted by Gasteiger charge is -2.14. The standard InChI is InChI=1S/C12H19N3O5/c1-20-11-7-8(15-12(19)14-3-5-17)10(18)6-9(11)13-2-4-16/h6-7,13,16-18H,2-5H2,1H3,(H2,14,15,19). The summed E-state index contributed by atoms with van der Waals surface area (Å²) in [5, 5.41) is 34.9. The van der Waals surface area contributed by atoms with Crippen molar-refractivity contribution in [3.63, 3.8) is 0 Å². The van der Waals surface area contributed by atoms with Gasteiger partial charge in [0.25, 0.3) is 0 Å². The first kappa shape index (κ1) is 15.9.